The Morgan fingerprint density at radius 1 is 1.53 bits per heavy atom. The van der Waals surface area contributed by atoms with Crippen LogP contribution in [0.5, 0.6) is 0 Å². The Hall–Kier alpha value is -1.67. The average Bonchev–Trinajstić information content (AvgIpc) is 2.86. The molecule has 2 aromatic heterocycles. The van der Waals surface area contributed by atoms with Crippen molar-refractivity contribution in [3.8, 4) is 0 Å². The fourth-order valence-electron chi connectivity index (χ4n) is 1.59. The fourth-order valence-corrected chi connectivity index (χ4v) is 2.54. The van der Waals surface area contributed by atoms with Crippen LogP contribution in [0.1, 0.15) is 13.3 Å². The van der Waals surface area contributed by atoms with Crippen molar-refractivity contribution >= 4 is 28.9 Å². The van der Waals surface area contributed by atoms with Gasteiger partial charge in [0, 0.05) is 12.4 Å². The van der Waals surface area contributed by atoms with E-state index in [1.54, 1.807) is 13.3 Å². The van der Waals surface area contributed by atoms with Gasteiger partial charge in [-0.1, -0.05) is 0 Å². The van der Waals surface area contributed by atoms with Crippen molar-refractivity contribution in [2.45, 2.75) is 24.5 Å². The standard InChI is InChI=1S/C11H14N4O3S/c1-2-18-7(11(16)17)3-4-19-10-8-9(13-5-12-8)14-6-15-10/h5-7H,2-4H2,1H3,(H,16,17)(H,12,13,14,15). The largest absolute Gasteiger partial charge is 0.479 e. The van der Waals surface area contributed by atoms with Crippen LogP contribution in [0.2, 0.25) is 0 Å². The zero-order valence-corrected chi connectivity index (χ0v) is 11.2. The minimum Gasteiger partial charge on any atom is -0.479 e. The van der Waals surface area contributed by atoms with E-state index in [4.69, 9.17) is 9.84 Å². The first kappa shape index (κ1) is 13.8. The molecule has 1 unspecified atom stereocenters. The van der Waals surface area contributed by atoms with Gasteiger partial charge < -0.3 is 14.8 Å². The molecule has 8 heteroatoms. The summed E-state index contributed by atoms with van der Waals surface area (Å²) in [6.45, 7) is 2.17. The molecule has 0 radical (unpaired) electrons. The van der Waals surface area contributed by atoms with Gasteiger partial charge in [0.1, 0.15) is 16.9 Å². The van der Waals surface area contributed by atoms with Crippen LogP contribution in [0.4, 0.5) is 0 Å². The molecule has 2 rings (SSSR count). The molecule has 0 aliphatic heterocycles. The average molecular weight is 282 g/mol. The van der Waals surface area contributed by atoms with Crippen LogP contribution in [0.25, 0.3) is 11.2 Å². The van der Waals surface area contributed by atoms with E-state index in [1.165, 1.54) is 18.1 Å². The van der Waals surface area contributed by atoms with Gasteiger partial charge in [-0.15, -0.1) is 11.8 Å². The number of hydrogen-bond acceptors (Lipinski definition) is 6. The molecule has 0 saturated carbocycles. The highest BCUT2D eigenvalue weighted by atomic mass is 32.2. The Kier molecular flexibility index (Phi) is 4.69. The first-order valence-electron chi connectivity index (χ1n) is 5.83. The van der Waals surface area contributed by atoms with Crippen LogP contribution in [-0.4, -0.2) is 49.5 Å². The highest BCUT2D eigenvalue weighted by Gasteiger charge is 2.17. The van der Waals surface area contributed by atoms with Crippen molar-refractivity contribution in [3.05, 3.63) is 12.7 Å². The first-order chi connectivity index (χ1) is 9.22. The zero-order valence-electron chi connectivity index (χ0n) is 10.4. The van der Waals surface area contributed by atoms with Crippen molar-refractivity contribution in [1.29, 1.82) is 0 Å². The van der Waals surface area contributed by atoms with E-state index in [9.17, 15) is 4.79 Å². The molecule has 0 spiro atoms. The molecule has 0 aliphatic carbocycles. The van der Waals surface area contributed by atoms with E-state index < -0.39 is 12.1 Å². The van der Waals surface area contributed by atoms with Gasteiger partial charge in [0.2, 0.25) is 0 Å². The third kappa shape index (κ3) is 3.42. The summed E-state index contributed by atoms with van der Waals surface area (Å²) in [6.07, 6.45) is 2.66. The van der Waals surface area contributed by atoms with Crippen LogP contribution < -0.4 is 0 Å². The Morgan fingerprint density at radius 2 is 2.37 bits per heavy atom. The van der Waals surface area contributed by atoms with Crippen molar-refractivity contribution in [3.63, 3.8) is 0 Å². The van der Waals surface area contributed by atoms with E-state index in [1.807, 2.05) is 0 Å². The molecule has 2 N–H and O–H groups in total. The highest BCUT2D eigenvalue weighted by molar-refractivity contribution is 7.99. The first-order valence-corrected chi connectivity index (χ1v) is 6.82. The topological polar surface area (TPSA) is 101 Å². The molecule has 0 amide bonds. The second-order valence-electron chi connectivity index (χ2n) is 3.70. The molecule has 0 aliphatic rings. The number of aliphatic carboxylic acids is 1. The summed E-state index contributed by atoms with van der Waals surface area (Å²) in [5, 5.41) is 9.73. The minimum absolute atomic E-state index is 0.389. The number of imidazole rings is 1. The van der Waals surface area contributed by atoms with E-state index in [2.05, 4.69) is 19.9 Å². The number of nitrogens with zero attached hydrogens (tertiary/aromatic N) is 3. The van der Waals surface area contributed by atoms with Gasteiger partial charge in [-0.3, -0.25) is 0 Å². The number of carboxylic acids is 1. The van der Waals surface area contributed by atoms with E-state index in [0.29, 0.717) is 24.4 Å². The smallest absolute Gasteiger partial charge is 0.332 e. The van der Waals surface area contributed by atoms with Gasteiger partial charge in [-0.2, -0.15) is 0 Å². The number of carboxylic acid groups (broad SMARTS) is 1. The maximum Gasteiger partial charge on any atom is 0.332 e. The lowest BCUT2D eigenvalue weighted by molar-refractivity contribution is -0.150. The Labute approximate surface area is 113 Å². The van der Waals surface area contributed by atoms with Crippen LogP contribution >= 0.6 is 11.8 Å². The molecule has 2 heterocycles. The number of hydrogen-bond donors (Lipinski definition) is 2. The Bertz CT molecular complexity index is 560. The monoisotopic (exact) mass is 282 g/mol. The summed E-state index contributed by atoms with van der Waals surface area (Å²) < 4.78 is 5.15. The number of thioether (sulfide) groups is 1. The van der Waals surface area contributed by atoms with E-state index in [0.717, 1.165) is 10.5 Å². The van der Waals surface area contributed by atoms with E-state index in [-0.39, 0.29) is 0 Å². The SMILES string of the molecule is CCOC(CCSc1ncnc2nc[nH]c12)C(=O)O. The summed E-state index contributed by atoms with van der Waals surface area (Å²) in [4.78, 5) is 26.1. The summed E-state index contributed by atoms with van der Waals surface area (Å²) in [6, 6.07) is 0. The number of aromatic nitrogens is 4. The molecule has 0 aromatic carbocycles. The zero-order chi connectivity index (χ0) is 13.7. The van der Waals surface area contributed by atoms with Gasteiger partial charge in [-0.05, 0) is 13.3 Å². The third-order valence-electron chi connectivity index (χ3n) is 2.45. The minimum atomic E-state index is -0.933. The molecule has 0 fully saturated rings. The number of H-pyrrole nitrogens is 1. The summed E-state index contributed by atoms with van der Waals surface area (Å²) >= 11 is 1.46. The van der Waals surface area contributed by atoms with Crippen LogP contribution in [0.3, 0.4) is 0 Å². The number of nitrogens with one attached hydrogen (secondary N) is 1. The molecule has 0 saturated heterocycles. The van der Waals surface area contributed by atoms with Crippen LogP contribution in [0, 0.1) is 0 Å². The Balaban J connectivity index is 1.95. The van der Waals surface area contributed by atoms with Crippen molar-refractivity contribution in [2.24, 2.45) is 0 Å². The van der Waals surface area contributed by atoms with Gasteiger partial charge in [0.05, 0.1) is 6.33 Å². The molecule has 1 atom stereocenters. The van der Waals surface area contributed by atoms with Crippen molar-refractivity contribution < 1.29 is 14.6 Å². The summed E-state index contributed by atoms with van der Waals surface area (Å²) in [5.74, 6) is -0.334. The molecular formula is C11H14N4O3S. The lowest BCUT2D eigenvalue weighted by Gasteiger charge is -2.11. The number of aromatic amines is 1. The van der Waals surface area contributed by atoms with Gasteiger partial charge in [-0.25, -0.2) is 19.7 Å². The van der Waals surface area contributed by atoms with E-state index >= 15 is 0 Å². The lowest BCUT2D eigenvalue weighted by atomic mass is 10.3. The fraction of sp³-hybridized carbons (Fsp3) is 0.455. The molecule has 19 heavy (non-hydrogen) atoms. The number of fused-ring (bicyclic) bond motifs is 1. The maximum absolute atomic E-state index is 10.9. The maximum atomic E-state index is 10.9. The quantitative estimate of drug-likeness (QED) is 0.583. The molecule has 0 bridgehead atoms. The lowest BCUT2D eigenvalue weighted by Crippen LogP contribution is -2.24. The summed E-state index contributed by atoms with van der Waals surface area (Å²) in [5.41, 5.74) is 1.38. The van der Waals surface area contributed by atoms with Gasteiger partial charge in [0.25, 0.3) is 0 Å². The second-order valence-corrected chi connectivity index (χ2v) is 4.78. The van der Waals surface area contributed by atoms with Crippen LogP contribution in [-0.2, 0) is 9.53 Å². The van der Waals surface area contributed by atoms with Gasteiger partial charge >= 0.3 is 5.97 Å². The van der Waals surface area contributed by atoms with Crippen LogP contribution in [0.15, 0.2) is 17.7 Å². The third-order valence-corrected chi connectivity index (χ3v) is 3.47. The number of carbonyl (C=O) groups is 1. The normalized spacial score (nSPS) is 12.7. The summed E-state index contributed by atoms with van der Waals surface area (Å²) in [7, 11) is 0. The highest BCUT2D eigenvalue weighted by Crippen LogP contribution is 2.23. The molecule has 102 valence electrons. The predicted octanol–water partition coefficient (Wildman–Crippen LogP) is 1.32. The van der Waals surface area contributed by atoms with Crippen molar-refractivity contribution in [2.75, 3.05) is 12.4 Å². The van der Waals surface area contributed by atoms with Gasteiger partial charge in [0.15, 0.2) is 11.8 Å². The predicted molar refractivity (Wildman–Crippen MR) is 70.1 cm³/mol. The number of ether oxygens (including phenoxy) is 1. The number of rotatable bonds is 7. The molecule has 2 aromatic rings. The molecule has 7 nitrogen and oxygen atoms in total. The molecular weight excluding hydrogens is 268 g/mol. The second kappa shape index (κ2) is 6.48. The van der Waals surface area contributed by atoms with Crippen molar-refractivity contribution in [1.82, 2.24) is 19.9 Å². The Morgan fingerprint density at radius 3 is 3.11 bits per heavy atom.